The van der Waals surface area contributed by atoms with Gasteiger partial charge < -0.3 is 15.2 Å². The van der Waals surface area contributed by atoms with E-state index >= 15 is 0 Å². The highest BCUT2D eigenvalue weighted by Crippen LogP contribution is 2.19. The van der Waals surface area contributed by atoms with Crippen LogP contribution in [0.3, 0.4) is 0 Å². The quantitative estimate of drug-likeness (QED) is 0.604. The molecule has 1 aromatic rings. The first-order valence-electron chi connectivity index (χ1n) is 5.72. The highest BCUT2D eigenvalue weighted by Gasteiger charge is 2.02. The zero-order valence-electron chi connectivity index (χ0n) is 10.3. The lowest BCUT2D eigenvalue weighted by Crippen LogP contribution is -2.19. The molecule has 0 aromatic heterocycles. The highest BCUT2D eigenvalue weighted by atomic mass is 16.6. The van der Waals surface area contributed by atoms with Crippen molar-refractivity contribution in [3.05, 3.63) is 29.8 Å². The van der Waals surface area contributed by atoms with E-state index in [1.165, 1.54) is 5.56 Å². The summed E-state index contributed by atoms with van der Waals surface area (Å²) in [6.45, 7) is 4.72. The van der Waals surface area contributed by atoms with E-state index in [1.54, 1.807) is 0 Å². The third-order valence-electron chi connectivity index (χ3n) is 2.31. The predicted octanol–water partition coefficient (Wildman–Crippen LogP) is 1.69. The average molecular weight is 237 g/mol. The highest BCUT2D eigenvalue weighted by molar-refractivity contribution is 5.71. The van der Waals surface area contributed by atoms with Gasteiger partial charge in [0.1, 0.15) is 19.0 Å². The Balaban J connectivity index is 2.36. The van der Waals surface area contributed by atoms with Crippen molar-refractivity contribution in [3.63, 3.8) is 0 Å². The number of nitrogens with two attached hydrogens (primary N) is 1. The van der Waals surface area contributed by atoms with Crippen molar-refractivity contribution in [1.29, 1.82) is 0 Å². The smallest absolute Gasteiger partial charge is 0.319 e. The fourth-order valence-corrected chi connectivity index (χ4v) is 1.34. The molecule has 0 spiro atoms. The molecule has 1 rings (SSSR count). The number of ether oxygens (including phenoxy) is 2. The van der Waals surface area contributed by atoms with E-state index in [9.17, 15) is 4.79 Å². The topological polar surface area (TPSA) is 61.5 Å². The maximum absolute atomic E-state index is 10.8. The van der Waals surface area contributed by atoms with Crippen LogP contribution < -0.4 is 10.5 Å². The molecule has 0 amide bonds. The van der Waals surface area contributed by atoms with Crippen molar-refractivity contribution in [3.8, 4) is 5.75 Å². The minimum absolute atomic E-state index is 0.0944. The Morgan fingerprint density at radius 1 is 1.35 bits per heavy atom. The largest absolute Gasteiger partial charge is 0.490 e. The molecule has 0 heterocycles. The predicted molar refractivity (Wildman–Crippen MR) is 66.0 cm³/mol. The van der Waals surface area contributed by atoms with Crippen LogP contribution in [0.25, 0.3) is 0 Å². The van der Waals surface area contributed by atoms with Gasteiger partial charge in [0.05, 0.1) is 6.54 Å². The number of carbonyl (C=O) groups excluding carboxylic acids is 1. The first-order valence-corrected chi connectivity index (χ1v) is 5.72. The third-order valence-corrected chi connectivity index (χ3v) is 2.31. The van der Waals surface area contributed by atoms with Crippen LogP contribution in [-0.2, 0) is 9.53 Å². The fourth-order valence-electron chi connectivity index (χ4n) is 1.34. The van der Waals surface area contributed by atoms with Gasteiger partial charge in [0.25, 0.3) is 0 Å². The molecule has 4 nitrogen and oxygen atoms in total. The maximum Gasteiger partial charge on any atom is 0.319 e. The Kier molecular flexibility index (Phi) is 5.49. The van der Waals surface area contributed by atoms with Gasteiger partial charge >= 0.3 is 5.97 Å². The lowest BCUT2D eigenvalue weighted by atomic mass is 10.0. The molecule has 0 fully saturated rings. The normalized spacial score (nSPS) is 10.4. The van der Waals surface area contributed by atoms with Gasteiger partial charge in [0, 0.05) is 0 Å². The second kappa shape index (κ2) is 6.91. The van der Waals surface area contributed by atoms with Gasteiger partial charge in [-0.05, 0) is 23.6 Å². The van der Waals surface area contributed by atoms with Crippen LogP contribution in [-0.4, -0.2) is 25.7 Å². The monoisotopic (exact) mass is 237 g/mol. The summed E-state index contributed by atoms with van der Waals surface area (Å²) >= 11 is 0. The number of benzene rings is 1. The van der Waals surface area contributed by atoms with Crippen molar-refractivity contribution in [2.45, 2.75) is 19.8 Å². The molecule has 94 valence electrons. The summed E-state index contributed by atoms with van der Waals surface area (Å²) in [6, 6.07) is 7.90. The molecule has 2 N–H and O–H groups in total. The number of carbonyl (C=O) groups is 1. The summed E-state index contributed by atoms with van der Waals surface area (Å²) in [5.74, 6) is 0.846. The molecule has 0 saturated heterocycles. The van der Waals surface area contributed by atoms with Gasteiger partial charge in [-0.2, -0.15) is 0 Å². The molecule has 0 radical (unpaired) electrons. The van der Waals surface area contributed by atoms with E-state index in [1.807, 2.05) is 18.2 Å². The zero-order chi connectivity index (χ0) is 12.7. The Hall–Kier alpha value is -1.55. The average Bonchev–Trinajstić information content (AvgIpc) is 2.34. The lowest BCUT2D eigenvalue weighted by Gasteiger charge is -2.10. The van der Waals surface area contributed by atoms with Crippen molar-refractivity contribution in [2.75, 3.05) is 19.8 Å². The lowest BCUT2D eigenvalue weighted by molar-refractivity contribution is -0.142. The summed E-state index contributed by atoms with van der Waals surface area (Å²) in [7, 11) is 0. The molecule has 0 atom stereocenters. The van der Waals surface area contributed by atoms with E-state index in [0.717, 1.165) is 5.75 Å². The van der Waals surface area contributed by atoms with Gasteiger partial charge in [0.15, 0.2) is 0 Å². The van der Waals surface area contributed by atoms with Crippen LogP contribution in [0.5, 0.6) is 5.75 Å². The van der Waals surface area contributed by atoms with E-state index in [4.69, 9.17) is 15.2 Å². The molecule has 0 aliphatic carbocycles. The first-order chi connectivity index (χ1) is 8.13. The minimum Gasteiger partial charge on any atom is -0.490 e. The van der Waals surface area contributed by atoms with Gasteiger partial charge in [-0.15, -0.1) is 0 Å². The molecule has 4 heteroatoms. The summed E-state index contributed by atoms with van der Waals surface area (Å²) in [6.07, 6.45) is 0. The van der Waals surface area contributed by atoms with Gasteiger partial charge in [-0.3, -0.25) is 4.79 Å². The van der Waals surface area contributed by atoms with E-state index in [2.05, 4.69) is 19.9 Å². The number of hydrogen-bond acceptors (Lipinski definition) is 4. The minimum atomic E-state index is -0.412. The van der Waals surface area contributed by atoms with Gasteiger partial charge in [-0.1, -0.05) is 26.0 Å². The molecular weight excluding hydrogens is 218 g/mol. The van der Waals surface area contributed by atoms with Crippen molar-refractivity contribution < 1.29 is 14.3 Å². The molecule has 0 saturated carbocycles. The van der Waals surface area contributed by atoms with Gasteiger partial charge in [-0.25, -0.2) is 0 Å². The molecule has 0 unspecified atom stereocenters. The molecule has 17 heavy (non-hydrogen) atoms. The zero-order valence-corrected chi connectivity index (χ0v) is 10.3. The van der Waals surface area contributed by atoms with Gasteiger partial charge in [0.2, 0.25) is 0 Å². The van der Waals surface area contributed by atoms with E-state index in [0.29, 0.717) is 12.5 Å². The van der Waals surface area contributed by atoms with Crippen LogP contribution in [0.1, 0.15) is 25.3 Å². The molecule has 0 aliphatic heterocycles. The SMILES string of the molecule is CC(C)c1cccc(OCCOC(=O)CN)c1. The van der Waals surface area contributed by atoms with E-state index in [-0.39, 0.29) is 13.2 Å². The summed E-state index contributed by atoms with van der Waals surface area (Å²) in [4.78, 5) is 10.8. The standard InChI is InChI=1S/C13H19NO3/c1-10(2)11-4-3-5-12(8-11)16-6-7-17-13(15)9-14/h3-5,8,10H,6-7,9,14H2,1-2H3. The summed E-state index contributed by atoms with van der Waals surface area (Å²) in [5, 5.41) is 0. The summed E-state index contributed by atoms with van der Waals surface area (Å²) in [5.41, 5.74) is 6.33. The number of esters is 1. The number of rotatable bonds is 6. The van der Waals surface area contributed by atoms with Crippen LogP contribution in [0.4, 0.5) is 0 Å². The maximum atomic E-state index is 10.8. The third kappa shape index (κ3) is 4.87. The van der Waals surface area contributed by atoms with Crippen LogP contribution in [0.15, 0.2) is 24.3 Å². The van der Waals surface area contributed by atoms with Crippen molar-refractivity contribution >= 4 is 5.97 Å². The Labute approximate surface area is 102 Å². The molecule has 0 bridgehead atoms. The Bertz CT molecular complexity index is 363. The molecule has 0 aliphatic rings. The fraction of sp³-hybridized carbons (Fsp3) is 0.462. The second-order valence-corrected chi connectivity index (χ2v) is 4.00. The second-order valence-electron chi connectivity index (χ2n) is 4.00. The molecule has 1 aromatic carbocycles. The Morgan fingerprint density at radius 2 is 2.12 bits per heavy atom. The Morgan fingerprint density at radius 3 is 2.76 bits per heavy atom. The van der Waals surface area contributed by atoms with Crippen molar-refractivity contribution in [1.82, 2.24) is 0 Å². The van der Waals surface area contributed by atoms with E-state index < -0.39 is 5.97 Å². The first kappa shape index (κ1) is 13.5. The van der Waals surface area contributed by atoms with Crippen LogP contribution in [0.2, 0.25) is 0 Å². The van der Waals surface area contributed by atoms with Crippen LogP contribution >= 0.6 is 0 Å². The number of hydrogen-bond donors (Lipinski definition) is 1. The van der Waals surface area contributed by atoms with Crippen molar-refractivity contribution in [2.24, 2.45) is 5.73 Å². The molecular formula is C13H19NO3. The van der Waals surface area contributed by atoms with Crippen LogP contribution in [0, 0.1) is 0 Å². The summed E-state index contributed by atoms with van der Waals surface area (Å²) < 4.78 is 10.3.